The fourth-order valence-electron chi connectivity index (χ4n) is 4.29. The van der Waals surface area contributed by atoms with Crippen LogP contribution in [-0.4, -0.2) is 22.1 Å². The summed E-state index contributed by atoms with van der Waals surface area (Å²) < 4.78 is 16.7. The van der Waals surface area contributed by atoms with Gasteiger partial charge in [0, 0.05) is 19.5 Å². The lowest BCUT2D eigenvalue weighted by atomic mass is 9.81. The summed E-state index contributed by atoms with van der Waals surface area (Å²) in [5.74, 6) is -0.0674. The van der Waals surface area contributed by atoms with Crippen LogP contribution >= 0.6 is 11.3 Å². The van der Waals surface area contributed by atoms with E-state index in [0.717, 1.165) is 31.2 Å². The number of carbonyl (C=O) groups is 1. The van der Waals surface area contributed by atoms with E-state index in [1.165, 1.54) is 28.0 Å². The minimum atomic E-state index is -0.344. The SMILES string of the molecule is CNC(=O)C1CCC(Cn2c(=O)c3sccc3n(Cc3ccc(F)cc3)c2=O)CC1. The van der Waals surface area contributed by atoms with Gasteiger partial charge in [0.05, 0.1) is 12.1 Å². The van der Waals surface area contributed by atoms with Crippen molar-refractivity contribution in [1.29, 1.82) is 0 Å². The van der Waals surface area contributed by atoms with Gasteiger partial charge >= 0.3 is 5.69 Å². The second-order valence-corrected chi connectivity index (χ2v) is 8.79. The van der Waals surface area contributed by atoms with Crippen molar-refractivity contribution in [2.24, 2.45) is 11.8 Å². The van der Waals surface area contributed by atoms with Gasteiger partial charge in [0.15, 0.2) is 0 Å². The number of nitrogens with one attached hydrogen (secondary N) is 1. The molecule has 6 nitrogen and oxygen atoms in total. The first-order chi connectivity index (χ1) is 14.5. The van der Waals surface area contributed by atoms with Gasteiger partial charge in [-0.25, -0.2) is 9.18 Å². The summed E-state index contributed by atoms with van der Waals surface area (Å²) in [6, 6.07) is 7.81. The topological polar surface area (TPSA) is 73.1 Å². The lowest BCUT2D eigenvalue weighted by Gasteiger charge is -2.27. The molecular formula is C22H24FN3O3S. The Labute approximate surface area is 177 Å². The fraction of sp³-hybridized carbons (Fsp3) is 0.409. The lowest BCUT2D eigenvalue weighted by molar-refractivity contribution is -0.125. The van der Waals surface area contributed by atoms with Gasteiger partial charge < -0.3 is 5.32 Å². The Balaban J connectivity index is 1.64. The van der Waals surface area contributed by atoms with Crippen molar-refractivity contribution < 1.29 is 9.18 Å². The summed E-state index contributed by atoms with van der Waals surface area (Å²) in [6.45, 7) is 0.630. The monoisotopic (exact) mass is 429 g/mol. The minimum Gasteiger partial charge on any atom is -0.359 e. The Kier molecular flexibility index (Phi) is 5.85. The van der Waals surface area contributed by atoms with Crippen molar-refractivity contribution in [2.45, 2.75) is 38.8 Å². The van der Waals surface area contributed by atoms with Gasteiger partial charge in [-0.05, 0) is 60.7 Å². The summed E-state index contributed by atoms with van der Waals surface area (Å²) in [7, 11) is 1.65. The molecule has 1 amide bonds. The van der Waals surface area contributed by atoms with Gasteiger partial charge in [0.25, 0.3) is 5.56 Å². The predicted octanol–water partition coefficient (Wildman–Crippen LogP) is 2.96. The number of rotatable bonds is 5. The maximum atomic E-state index is 13.3. The van der Waals surface area contributed by atoms with E-state index in [1.807, 2.05) is 5.38 Å². The number of hydrogen-bond donors (Lipinski definition) is 1. The largest absolute Gasteiger partial charge is 0.359 e. The lowest BCUT2D eigenvalue weighted by Crippen LogP contribution is -2.42. The van der Waals surface area contributed by atoms with E-state index in [9.17, 15) is 18.8 Å². The second-order valence-electron chi connectivity index (χ2n) is 7.88. The molecule has 1 aromatic carbocycles. The Morgan fingerprint density at radius 2 is 1.80 bits per heavy atom. The molecule has 1 fully saturated rings. The minimum absolute atomic E-state index is 0.0119. The maximum Gasteiger partial charge on any atom is 0.331 e. The molecule has 3 aromatic rings. The Bertz CT molecular complexity index is 1170. The number of aromatic nitrogens is 2. The highest BCUT2D eigenvalue weighted by Gasteiger charge is 2.27. The molecular weight excluding hydrogens is 405 g/mol. The van der Waals surface area contributed by atoms with Crippen LogP contribution in [0.4, 0.5) is 4.39 Å². The van der Waals surface area contributed by atoms with E-state index >= 15 is 0 Å². The number of fused-ring (bicyclic) bond motifs is 1. The van der Waals surface area contributed by atoms with Crippen LogP contribution < -0.4 is 16.6 Å². The average molecular weight is 430 g/mol. The molecule has 0 unspecified atom stereocenters. The van der Waals surface area contributed by atoms with E-state index in [-0.39, 0.29) is 41.4 Å². The number of halogens is 1. The van der Waals surface area contributed by atoms with Gasteiger partial charge in [0.1, 0.15) is 10.5 Å². The zero-order chi connectivity index (χ0) is 21.3. The average Bonchev–Trinajstić information content (AvgIpc) is 3.25. The van der Waals surface area contributed by atoms with Gasteiger partial charge in [0.2, 0.25) is 5.91 Å². The zero-order valence-corrected chi connectivity index (χ0v) is 17.6. The van der Waals surface area contributed by atoms with Crippen LogP contribution in [0, 0.1) is 17.7 Å². The summed E-state index contributed by atoms with van der Waals surface area (Å²) in [5.41, 5.74) is 0.804. The third kappa shape index (κ3) is 3.96. The third-order valence-corrected chi connectivity index (χ3v) is 6.89. The molecule has 0 aliphatic heterocycles. The van der Waals surface area contributed by atoms with Crippen LogP contribution in [0.1, 0.15) is 31.2 Å². The molecule has 0 saturated heterocycles. The Morgan fingerprint density at radius 3 is 2.47 bits per heavy atom. The quantitative estimate of drug-likeness (QED) is 0.678. The van der Waals surface area contributed by atoms with Crippen LogP contribution in [0.5, 0.6) is 0 Å². The molecule has 1 saturated carbocycles. The molecule has 8 heteroatoms. The van der Waals surface area contributed by atoms with Crippen molar-refractivity contribution in [3.63, 3.8) is 0 Å². The van der Waals surface area contributed by atoms with Gasteiger partial charge in [-0.2, -0.15) is 0 Å². The molecule has 0 radical (unpaired) electrons. The maximum absolute atomic E-state index is 13.3. The van der Waals surface area contributed by atoms with E-state index in [0.29, 0.717) is 16.8 Å². The number of benzene rings is 1. The Hall–Kier alpha value is -2.74. The van der Waals surface area contributed by atoms with E-state index in [1.54, 1.807) is 29.8 Å². The molecule has 0 atom stereocenters. The van der Waals surface area contributed by atoms with Crippen molar-refractivity contribution in [3.05, 3.63) is 67.9 Å². The normalized spacial score (nSPS) is 19.1. The van der Waals surface area contributed by atoms with Crippen LogP contribution in [0.25, 0.3) is 10.2 Å². The van der Waals surface area contributed by atoms with Gasteiger partial charge in [-0.3, -0.25) is 18.7 Å². The van der Waals surface area contributed by atoms with E-state index < -0.39 is 0 Å². The number of nitrogens with zero attached hydrogens (tertiary/aromatic N) is 2. The first-order valence-corrected chi connectivity index (χ1v) is 11.0. The molecule has 1 aliphatic carbocycles. The van der Waals surface area contributed by atoms with Crippen LogP contribution in [-0.2, 0) is 17.9 Å². The molecule has 0 spiro atoms. The highest BCUT2D eigenvalue weighted by molar-refractivity contribution is 7.17. The summed E-state index contributed by atoms with van der Waals surface area (Å²) in [4.78, 5) is 38.1. The number of thiophene rings is 1. The molecule has 0 bridgehead atoms. The van der Waals surface area contributed by atoms with Crippen LogP contribution in [0.3, 0.4) is 0 Å². The number of hydrogen-bond acceptors (Lipinski definition) is 4. The van der Waals surface area contributed by atoms with Gasteiger partial charge in [-0.1, -0.05) is 12.1 Å². The summed E-state index contributed by atoms with van der Waals surface area (Å²) in [5, 5.41) is 4.51. The summed E-state index contributed by atoms with van der Waals surface area (Å²) >= 11 is 1.33. The fourth-order valence-corrected chi connectivity index (χ4v) is 5.13. The smallest absolute Gasteiger partial charge is 0.331 e. The number of carbonyl (C=O) groups excluding carboxylic acids is 1. The standard InChI is InChI=1S/C22H24FN3O3S/c1-24-20(27)16-6-2-14(3-7-16)13-26-21(28)19-18(10-11-30-19)25(22(26)29)12-15-4-8-17(23)9-5-15/h4-5,8-11,14,16H,2-3,6-7,12-13H2,1H3,(H,24,27). The summed E-state index contributed by atoms with van der Waals surface area (Å²) in [6.07, 6.45) is 3.16. The predicted molar refractivity (Wildman–Crippen MR) is 115 cm³/mol. The van der Waals surface area contributed by atoms with Crippen molar-refractivity contribution >= 4 is 27.5 Å². The highest BCUT2D eigenvalue weighted by atomic mass is 32.1. The molecule has 4 rings (SSSR count). The molecule has 1 N–H and O–H groups in total. The zero-order valence-electron chi connectivity index (χ0n) is 16.8. The van der Waals surface area contributed by atoms with Crippen LogP contribution in [0.2, 0.25) is 0 Å². The van der Waals surface area contributed by atoms with Crippen molar-refractivity contribution in [3.8, 4) is 0 Å². The molecule has 1 aliphatic rings. The highest BCUT2D eigenvalue weighted by Crippen LogP contribution is 2.29. The van der Waals surface area contributed by atoms with E-state index in [2.05, 4.69) is 5.32 Å². The van der Waals surface area contributed by atoms with Crippen LogP contribution in [0.15, 0.2) is 45.3 Å². The Morgan fingerprint density at radius 1 is 1.10 bits per heavy atom. The number of amides is 1. The molecule has 30 heavy (non-hydrogen) atoms. The van der Waals surface area contributed by atoms with Crippen molar-refractivity contribution in [2.75, 3.05) is 7.05 Å². The first-order valence-electron chi connectivity index (χ1n) is 10.1. The van der Waals surface area contributed by atoms with E-state index in [4.69, 9.17) is 0 Å². The third-order valence-electron chi connectivity index (χ3n) is 6.00. The second kappa shape index (κ2) is 8.55. The van der Waals surface area contributed by atoms with Crippen molar-refractivity contribution in [1.82, 2.24) is 14.5 Å². The molecule has 2 heterocycles. The molecule has 2 aromatic heterocycles. The molecule has 158 valence electrons. The first kappa shape index (κ1) is 20.5. The van der Waals surface area contributed by atoms with Gasteiger partial charge in [-0.15, -0.1) is 11.3 Å².